The van der Waals surface area contributed by atoms with Gasteiger partial charge < -0.3 is 5.32 Å². The molecule has 1 atom stereocenters. The minimum Gasteiger partial charge on any atom is -0.325 e. The molecule has 2 rings (SSSR count). The summed E-state index contributed by atoms with van der Waals surface area (Å²) in [5, 5.41) is 3.61. The number of carbonyl (C=O) groups is 1. The third kappa shape index (κ3) is 9.04. The van der Waals surface area contributed by atoms with Gasteiger partial charge in [-0.3, -0.25) is 4.79 Å². The third-order valence-electron chi connectivity index (χ3n) is 4.48. The molecule has 2 aromatic carbocycles. The number of carbonyl (C=O) groups excluding carboxylic acids is 1. The molecule has 0 radical (unpaired) electrons. The molecule has 0 spiro atoms. The lowest BCUT2D eigenvalue weighted by atomic mass is 10.0. The summed E-state index contributed by atoms with van der Waals surface area (Å²) in [5.74, 6) is -0.629. The number of sulfonamides is 1. The van der Waals surface area contributed by atoms with Gasteiger partial charge in [0.2, 0.25) is 15.9 Å². The average molecular weight is 465 g/mol. The van der Waals surface area contributed by atoms with E-state index in [0.717, 1.165) is 17.2 Å². The lowest BCUT2D eigenvalue weighted by Crippen LogP contribution is -2.44. The van der Waals surface area contributed by atoms with Crippen LogP contribution in [0, 0.1) is 0 Å². The maximum Gasteiger partial charge on any atom is 0.242 e. The van der Waals surface area contributed by atoms with E-state index in [1.165, 1.54) is 6.08 Å². The van der Waals surface area contributed by atoms with E-state index in [2.05, 4.69) is 10.0 Å². The minimum atomic E-state index is -3.99. The van der Waals surface area contributed by atoms with Gasteiger partial charge in [0.05, 0.1) is 5.75 Å². The van der Waals surface area contributed by atoms with Crippen LogP contribution in [0.5, 0.6) is 0 Å². The van der Waals surface area contributed by atoms with Gasteiger partial charge in [-0.25, -0.2) is 16.8 Å². The highest BCUT2D eigenvalue weighted by Crippen LogP contribution is 2.17. The second-order valence-corrected chi connectivity index (χ2v) is 11.5. The Morgan fingerprint density at radius 3 is 2.13 bits per heavy atom. The van der Waals surface area contributed by atoms with Crippen LogP contribution in [-0.2, 0) is 24.7 Å². The van der Waals surface area contributed by atoms with Gasteiger partial charge in [-0.1, -0.05) is 56.3 Å². The van der Waals surface area contributed by atoms with Crippen LogP contribution in [0.2, 0.25) is 0 Å². The molecular formula is C22H28N2O5S2. The van der Waals surface area contributed by atoms with Crippen LogP contribution < -0.4 is 10.0 Å². The molecule has 168 valence electrons. The molecule has 1 unspecified atom stereocenters. The van der Waals surface area contributed by atoms with Crippen LogP contribution in [-0.4, -0.2) is 40.8 Å². The summed E-state index contributed by atoms with van der Waals surface area (Å²) < 4.78 is 50.4. The van der Waals surface area contributed by atoms with Gasteiger partial charge in [-0.05, 0) is 41.7 Å². The number of benzene rings is 2. The standard InChI is InChI=1S/C22H28N2O5S2/c1-17(2)19-9-11-20(12-10-19)23-22(25)21(14-15-30(3,26)27)24-31(28,29)16-13-18-7-5-4-6-8-18/h4-13,16-17,21,24H,14-15H2,1-3H3,(H,23,25). The molecule has 7 nitrogen and oxygen atoms in total. The van der Waals surface area contributed by atoms with Crippen molar-refractivity contribution >= 4 is 37.5 Å². The first-order chi connectivity index (χ1) is 14.5. The zero-order valence-electron chi connectivity index (χ0n) is 17.8. The maximum absolute atomic E-state index is 12.7. The van der Waals surface area contributed by atoms with Crippen molar-refractivity contribution in [2.24, 2.45) is 0 Å². The van der Waals surface area contributed by atoms with E-state index < -0.39 is 31.8 Å². The molecule has 2 aromatic rings. The number of hydrogen-bond donors (Lipinski definition) is 2. The van der Waals surface area contributed by atoms with E-state index >= 15 is 0 Å². The van der Waals surface area contributed by atoms with Crippen LogP contribution >= 0.6 is 0 Å². The molecule has 0 aliphatic carbocycles. The number of rotatable bonds is 10. The summed E-state index contributed by atoms with van der Waals surface area (Å²) in [4.78, 5) is 12.7. The van der Waals surface area contributed by atoms with Crippen molar-refractivity contribution in [3.63, 3.8) is 0 Å². The molecule has 0 aromatic heterocycles. The summed E-state index contributed by atoms with van der Waals surface area (Å²) >= 11 is 0. The Morgan fingerprint density at radius 1 is 0.968 bits per heavy atom. The smallest absolute Gasteiger partial charge is 0.242 e. The summed E-state index contributed by atoms with van der Waals surface area (Å²) in [5.41, 5.74) is 2.27. The van der Waals surface area contributed by atoms with Crippen LogP contribution in [0.25, 0.3) is 6.08 Å². The molecule has 2 N–H and O–H groups in total. The predicted octanol–water partition coefficient (Wildman–Crippen LogP) is 3.14. The second kappa shape index (κ2) is 10.7. The molecule has 9 heteroatoms. The van der Waals surface area contributed by atoms with Crippen molar-refractivity contribution in [3.05, 3.63) is 71.1 Å². The maximum atomic E-state index is 12.7. The van der Waals surface area contributed by atoms with Gasteiger partial charge in [-0.15, -0.1) is 0 Å². The van der Waals surface area contributed by atoms with Gasteiger partial charge >= 0.3 is 0 Å². The second-order valence-electron chi connectivity index (χ2n) is 7.61. The normalized spacial score (nSPS) is 13.4. The molecule has 1 amide bonds. The van der Waals surface area contributed by atoms with E-state index in [4.69, 9.17) is 0 Å². The summed E-state index contributed by atoms with van der Waals surface area (Å²) in [6, 6.07) is 14.8. The van der Waals surface area contributed by atoms with E-state index in [1.807, 2.05) is 32.0 Å². The van der Waals surface area contributed by atoms with Crippen molar-refractivity contribution in [2.45, 2.75) is 32.2 Å². The monoisotopic (exact) mass is 464 g/mol. The quantitative estimate of drug-likeness (QED) is 0.561. The first kappa shape index (κ1) is 24.8. The zero-order valence-corrected chi connectivity index (χ0v) is 19.4. The Hall–Kier alpha value is -2.49. The van der Waals surface area contributed by atoms with E-state index in [-0.39, 0.29) is 12.2 Å². The molecule has 0 bridgehead atoms. The van der Waals surface area contributed by atoms with Crippen molar-refractivity contribution in [2.75, 3.05) is 17.3 Å². The molecule has 0 fully saturated rings. The topological polar surface area (TPSA) is 109 Å². The predicted molar refractivity (Wildman–Crippen MR) is 125 cm³/mol. The van der Waals surface area contributed by atoms with Crippen molar-refractivity contribution in [1.82, 2.24) is 4.72 Å². The Kier molecular flexibility index (Phi) is 8.55. The Morgan fingerprint density at radius 2 is 1.58 bits per heavy atom. The highest BCUT2D eigenvalue weighted by atomic mass is 32.2. The van der Waals surface area contributed by atoms with Crippen LogP contribution in [0.15, 0.2) is 60.0 Å². The van der Waals surface area contributed by atoms with Crippen molar-refractivity contribution in [1.29, 1.82) is 0 Å². The zero-order chi connectivity index (χ0) is 23.1. The SMILES string of the molecule is CC(C)c1ccc(NC(=O)C(CCS(C)(=O)=O)NS(=O)(=O)C=Cc2ccccc2)cc1. The molecule has 0 saturated heterocycles. The van der Waals surface area contributed by atoms with Gasteiger partial charge in [-0.2, -0.15) is 4.72 Å². The van der Waals surface area contributed by atoms with E-state index in [9.17, 15) is 21.6 Å². The molecule has 0 aliphatic heterocycles. The number of anilines is 1. The average Bonchev–Trinajstić information content (AvgIpc) is 2.70. The van der Waals surface area contributed by atoms with Gasteiger partial charge in [0.15, 0.2) is 0 Å². The highest BCUT2D eigenvalue weighted by molar-refractivity contribution is 7.92. The Balaban J connectivity index is 2.16. The van der Waals surface area contributed by atoms with Gasteiger partial charge in [0, 0.05) is 17.4 Å². The third-order valence-corrected chi connectivity index (χ3v) is 6.57. The molecule has 0 heterocycles. The molecule has 0 aliphatic rings. The fraction of sp³-hybridized carbons (Fsp3) is 0.318. The number of nitrogens with one attached hydrogen (secondary N) is 2. The first-order valence-electron chi connectivity index (χ1n) is 9.79. The minimum absolute atomic E-state index is 0.187. The lowest BCUT2D eigenvalue weighted by molar-refractivity contribution is -0.117. The lowest BCUT2D eigenvalue weighted by Gasteiger charge is -2.17. The van der Waals surface area contributed by atoms with E-state index in [0.29, 0.717) is 17.2 Å². The number of hydrogen-bond acceptors (Lipinski definition) is 5. The summed E-state index contributed by atoms with van der Waals surface area (Å²) in [6.07, 6.45) is 2.25. The number of sulfone groups is 1. The van der Waals surface area contributed by atoms with Gasteiger partial charge in [0.25, 0.3) is 0 Å². The van der Waals surface area contributed by atoms with Crippen molar-refractivity contribution < 1.29 is 21.6 Å². The first-order valence-corrected chi connectivity index (χ1v) is 13.4. The molecular weight excluding hydrogens is 436 g/mol. The highest BCUT2D eigenvalue weighted by Gasteiger charge is 2.24. The molecule has 0 saturated carbocycles. The van der Waals surface area contributed by atoms with Crippen molar-refractivity contribution in [3.8, 4) is 0 Å². The fourth-order valence-electron chi connectivity index (χ4n) is 2.73. The number of amides is 1. The van der Waals surface area contributed by atoms with E-state index in [1.54, 1.807) is 36.4 Å². The summed E-state index contributed by atoms with van der Waals surface area (Å²) in [6.45, 7) is 4.10. The largest absolute Gasteiger partial charge is 0.325 e. The van der Waals surface area contributed by atoms with Gasteiger partial charge in [0.1, 0.15) is 15.9 Å². The Bertz CT molecular complexity index is 1110. The van der Waals surface area contributed by atoms with Crippen LogP contribution in [0.4, 0.5) is 5.69 Å². The summed E-state index contributed by atoms with van der Waals surface area (Å²) in [7, 11) is -7.37. The Labute approximate surface area is 184 Å². The van der Waals surface area contributed by atoms with Crippen LogP contribution in [0.1, 0.15) is 37.3 Å². The fourth-order valence-corrected chi connectivity index (χ4v) is 4.43. The molecule has 31 heavy (non-hydrogen) atoms. The van der Waals surface area contributed by atoms with Crippen LogP contribution in [0.3, 0.4) is 0 Å².